The number of fused-ring (bicyclic) bond motifs is 1. The van der Waals surface area contributed by atoms with Crippen molar-refractivity contribution in [3.63, 3.8) is 0 Å². The summed E-state index contributed by atoms with van der Waals surface area (Å²) in [5, 5.41) is 3.03. The number of carbonyl (C=O) groups excluding carboxylic acids is 1. The van der Waals surface area contributed by atoms with Crippen molar-refractivity contribution in [2.75, 3.05) is 25.4 Å². The highest BCUT2D eigenvalue weighted by atomic mass is 32.1. The lowest BCUT2D eigenvalue weighted by molar-refractivity contribution is 0.0946. The third-order valence-electron chi connectivity index (χ3n) is 4.09. The summed E-state index contributed by atoms with van der Waals surface area (Å²) in [4.78, 5) is 19.6. The second-order valence-corrected chi connectivity index (χ2v) is 6.38. The van der Waals surface area contributed by atoms with Crippen LogP contribution in [0, 0.1) is 0 Å². The van der Waals surface area contributed by atoms with E-state index < -0.39 is 0 Å². The number of carbonyl (C=O) groups is 1. The molecule has 1 amide bonds. The van der Waals surface area contributed by atoms with Crippen molar-refractivity contribution in [2.24, 2.45) is 0 Å². The molecule has 2 aromatic rings. The van der Waals surface area contributed by atoms with Crippen molar-refractivity contribution in [2.45, 2.75) is 25.8 Å². The van der Waals surface area contributed by atoms with E-state index in [0.29, 0.717) is 23.2 Å². The Kier molecular flexibility index (Phi) is 4.07. The summed E-state index contributed by atoms with van der Waals surface area (Å²) >= 11 is 1.41. The normalized spacial score (nSPS) is 19.2. The summed E-state index contributed by atoms with van der Waals surface area (Å²) < 4.78 is 0.955. The molecule has 3 N–H and O–H groups in total. The highest BCUT2D eigenvalue weighted by molar-refractivity contribution is 7.21. The van der Waals surface area contributed by atoms with Crippen molar-refractivity contribution < 1.29 is 4.79 Å². The molecular weight excluding hydrogens is 284 g/mol. The number of thiophene rings is 1. The number of nitrogen functional groups attached to an aromatic ring is 1. The molecule has 1 unspecified atom stereocenters. The second-order valence-electron chi connectivity index (χ2n) is 5.33. The summed E-state index contributed by atoms with van der Waals surface area (Å²) in [6, 6.07) is 4.25. The fourth-order valence-corrected chi connectivity index (χ4v) is 3.95. The molecule has 2 aromatic heterocycles. The van der Waals surface area contributed by atoms with Crippen LogP contribution in [-0.2, 0) is 0 Å². The number of hydrogen-bond acceptors (Lipinski definition) is 5. The van der Waals surface area contributed by atoms with E-state index in [1.807, 2.05) is 12.1 Å². The van der Waals surface area contributed by atoms with Crippen LogP contribution in [-0.4, -0.2) is 41.5 Å². The molecule has 3 heterocycles. The predicted octanol–water partition coefficient (Wildman–Crippen LogP) is 2.09. The Bertz CT molecular complexity index is 654. The van der Waals surface area contributed by atoms with Gasteiger partial charge in [0.25, 0.3) is 5.91 Å². The lowest BCUT2D eigenvalue weighted by atomic mass is 10.2. The molecule has 1 aliphatic rings. The summed E-state index contributed by atoms with van der Waals surface area (Å²) in [6.45, 7) is 5.02. The second kappa shape index (κ2) is 5.99. The van der Waals surface area contributed by atoms with Gasteiger partial charge in [-0.25, -0.2) is 0 Å². The van der Waals surface area contributed by atoms with Crippen LogP contribution in [0.4, 0.5) is 5.69 Å². The molecule has 5 nitrogen and oxygen atoms in total. The van der Waals surface area contributed by atoms with Crippen molar-refractivity contribution >= 4 is 33.1 Å². The Morgan fingerprint density at radius 2 is 2.48 bits per heavy atom. The van der Waals surface area contributed by atoms with Gasteiger partial charge in [-0.3, -0.25) is 14.7 Å². The van der Waals surface area contributed by atoms with Crippen LogP contribution < -0.4 is 11.1 Å². The first-order valence-electron chi connectivity index (χ1n) is 7.36. The van der Waals surface area contributed by atoms with Gasteiger partial charge in [0.15, 0.2) is 0 Å². The Labute approximate surface area is 128 Å². The molecule has 0 bridgehead atoms. The maximum atomic E-state index is 12.4. The number of nitrogens with zero attached hydrogens (tertiary/aromatic N) is 2. The largest absolute Gasteiger partial charge is 0.396 e. The lowest BCUT2D eigenvalue weighted by Gasteiger charge is -2.22. The number of amides is 1. The third kappa shape index (κ3) is 2.73. The molecule has 6 heteroatoms. The van der Waals surface area contributed by atoms with Gasteiger partial charge in [0, 0.05) is 18.8 Å². The Balaban J connectivity index is 1.71. The highest BCUT2D eigenvalue weighted by Crippen LogP contribution is 2.31. The predicted molar refractivity (Wildman–Crippen MR) is 86.6 cm³/mol. The van der Waals surface area contributed by atoms with Crippen molar-refractivity contribution in [1.29, 1.82) is 0 Å². The van der Waals surface area contributed by atoms with Gasteiger partial charge >= 0.3 is 0 Å². The minimum absolute atomic E-state index is 0.0848. The molecule has 21 heavy (non-hydrogen) atoms. The lowest BCUT2D eigenvalue weighted by Crippen LogP contribution is -2.39. The summed E-state index contributed by atoms with van der Waals surface area (Å²) in [7, 11) is 0. The van der Waals surface area contributed by atoms with Crippen molar-refractivity contribution in [3.8, 4) is 0 Å². The SMILES string of the molecule is CCN1CCCC1CNC(=O)c1sc2cccnc2c1N. The van der Waals surface area contributed by atoms with E-state index in [1.54, 1.807) is 6.20 Å². The zero-order valence-corrected chi connectivity index (χ0v) is 12.9. The van der Waals surface area contributed by atoms with Crippen molar-refractivity contribution in [3.05, 3.63) is 23.2 Å². The first-order chi connectivity index (χ1) is 10.2. The van der Waals surface area contributed by atoms with E-state index in [0.717, 1.165) is 29.7 Å². The number of rotatable bonds is 4. The number of pyridine rings is 1. The van der Waals surface area contributed by atoms with Crippen LogP contribution in [0.1, 0.15) is 29.4 Å². The maximum absolute atomic E-state index is 12.4. The summed E-state index contributed by atoms with van der Waals surface area (Å²) in [5.74, 6) is -0.0848. The van der Waals surface area contributed by atoms with Gasteiger partial charge in [0.2, 0.25) is 0 Å². The van der Waals surface area contributed by atoms with E-state index in [4.69, 9.17) is 5.73 Å². The van der Waals surface area contributed by atoms with Crippen LogP contribution in [0.25, 0.3) is 10.2 Å². The Morgan fingerprint density at radius 1 is 1.62 bits per heavy atom. The van der Waals surface area contributed by atoms with E-state index in [1.165, 1.54) is 17.8 Å². The van der Waals surface area contributed by atoms with Gasteiger partial charge in [-0.2, -0.15) is 0 Å². The molecule has 1 saturated heterocycles. The minimum Gasteiger partial charge on any atom is -0.396 e. The molecule has 0 saturated carbocycles. The first kappa shape index (κ1) is 14.3. The number of likely N-dealkylation sites (tertiary alicyclic amines) is 1. The Morgan fingerprint density at radius 3 is 3.24 bits per heavy atom. The summed E-state index contributed by atoms with van der Waals surface area (Å²) in [5.41, 5.74) is 7.27. The van der Waals surface area contributed by atoms with Gasteiger partial charge in [-0.05, 0) is 38.1 Å². The van der Waals surface area contributed by atoms with Crippen molar-refractivity contribution in [1.82, 2.24) is 15.2 Å². The number of anilines is 1. The molecular formula is C15H20N4OS. The standard InChI is InChI=1S/C15H20N4OS/c1-2-19-8-4-5-10(19)9-18-15(20)14-12(16)13-11(21-14)6-3-7-17-13/h3,6-7,10H,2,4-5,8-9,16H2,1H3,(H,18,20). The smallest absolute Gasteiger partial charge is 0.263 e. The number of aromatic nitrogens is 1. The fraction of sp³-hybridized carbons (Fsp3) is 0.467. The summed E-state index contributed by atoms with van der Waals surface area (Å²) in [6.07, 6.45) is 4.06. The number of hydrogen-bond donors (Lipinski definition) is 2. The zero-order valence-electron chi connectivity index (χ0n) is 12.1. The minimum atomic E-state index is -0.0848. The van der Waals surface area contributed by atoms with Gasteiger partial charge in [0.1, 0.15) is 10.4 Å². The number of likely N-dealkylation sites (N-methyl/N-ethyl adjacent to an activating group) is 1. The first-order valence-corrected chi connectivity index (χ1v) is 8.17. The molecule has 112 valence electrons. The van der Waals surface area contributed by atoms with Crippen LogP contribution >= 0.6 is 11.3 Å². The van der Waals surface area contributed by atoms with E-state index in [9.17, 15) is 4.79 Å². The van der Waals surface area contributed by atoms with Crippen LogP contribution in [0.2, 0.25) is 0 Å². The van der Waals surface area contributed by atoms with Gasteiger partial charge in [-0.1, -0.05) is 6.92 Å². The van der Waals surface area contributed by atoms with Crippen LogP contribution in [0.5, 0.6) is 0 Å². The van der Waals surface area contributed by atoms with Crippen LogP contribution in [0.3, 0.4) is 0 Å². The molecule has 1 aliphatic heterocycles. The fourth-order valence-electron chi connectivity index (χ4n) is 2.95. The van der Waals surface area contributed by atoms with E-state index in [2.05, 4.69) is 22.1 Å². The van der Waals surface area contributed by atoms with Gasteiger partial charge in [-0.15, -0.1) is 11.3 Å². The monoisotopic (exact) mass is 304 g/mol. The van der Waals surface area contributed by atoms with Gasteiger partial charge < -0.3 is 11.1 Å². The van der Waals surface area contributed by atoms with Gasteiger partial charge in [0.05, 0.1) is 10.4 Å². The quantitative estimate of drug-likeness (QED) is 0.907. The number of nitrogens with one attached hydrogen (secondary N) is 1. The number of nitrogens with two attached hydrogens (primary N) is 1. The van der Waals surface area contributed by atoms with E-state index >= 15 is 0 Å². The average Bonchev–Trinajstić information content (AvgIpc) is 3.09. The average molecular weight is 304 g/mol. The molecule has 1 atom stereocenters. The third-order valence-corrected chi connectivity index (χ3v) is 5.25. The van der Waals surface area contributed by atoms with Crippen LogP contribution in [0.15, 0.2) is 18.3 Å². The molecule has 0 spiro atoms. The molecule has 0 aromatic carbocycles. The maximum Gasteiger partial charge on any atom is 0.263 e. The molecule has 1 fully saturated rings. The molecule has 0 aliphatic carbocycles. The molecule has 0 radical (unpaired) electrons. The van der Waals surface area contributed by atoms with E-state index in [-0.39, 0.29) is 5.91 Å². The Hall–Kier alpha value is -1.66. The topological polar surface area (TPSA) is 71.2 Å². The zero-order chi connectivity index (χ0) is 14.8. The highest BCUT2D eigenvalue weighted by Gasteiger charge is 2.24. The molecule has 3 rings (SSSR count).